The number of hydrogen-bond acceptors (Lipinski definition) is 5. The number of anilines is 1. The van der Waals surface area contributed by atoms with E-state index >= 15 is 0 Å². The van der Waals surface area contributed by atoms with Gasteiger partial charge in [0.25, 0.3) is 11.5 Å². The Labute approximate surface area is 163 Å². The minimum atomic E-state index is -0.336. The molecule has 1 amide bonds. The molecule has 1 fully saturated rings. The van der Waals surface area contributed by atoms with Gasteiger partial charge in [-0.25, -0.2) is 4.98 Å². The van der Waals surface area contributed by atoms with Gasteiger partial charge in [-0.3, -0.25) is 14.5 Å². The molecule has 3 aromatic rings. The highest BCUT2D eigenvalue weighted by molar-refractivity contribution is 6.04. The number of rotatable bonds is 4. The Hall–Kier alpha value is -3.03. The van der Waals surface area contributed by atoms with Crippen molar-refractivity contribution in [1.82, 2.24) is 19.8 Å². The summed E-state index contributed by atoms with van der Waals surface area (Å²) in [5.74, 6) is -0.336. The Morgan fingerprint density at radius 3 is 2.57 bits per heavy atom. The fourth-order valence-electron chi connectivity index (χ4n) is 3.34. The normalized spacial score (nSPS) is 15.6. The first-order valence-electron chi connectivity index (χ1n) is 9.38. The molecule has 0 aliphatic carbocycles. The Morgan fingerprint density at radius 1 is 1.07 bits per heavy atom. The number of piperazine rings is 1. The summed E-state index contributed by atoms with van der Waals surface area (Å²) in [6, 6.07) is 13.0. The zero-order chi connectivity index (χ0) is 19.5. The topological polar surface area (TPSA) is 81.3 Å². The molecule has 0 radical (unpaired) electrons. The molecule has 1 saturated heterocycles. The minimum absolute atomic E-state index is 0.214. The number of aromatic amines is 1. The van der Waals surface area contributed by atoms with Crippen molar-refractivity contribution >= 4 is 22.5 Å². The van der Waals surface area contributed by atoms with Gasteiger partial charge in [0.05, 0.1) is 0 Å². The van der Waals surface area contributed by atoms with Crippen LogP contribution < -0.4 is 10.9 Å². The molecule has 0 spiro atoms. The van der Waals surface area contributed by atoms with Gasteiger partial charge in [-0.1, -0.05) is 18.2 Å². The number of pyridine rings is 2. The fraction of sp³-hybridized carbons (Fsp3) is 0.286. The number of fused-ring (bicyclic) bond motifs is 1. The van der Waals surface area contributed by atoms with E-state index in [0.29, 0.717) is 11.1 Å². The lowest BCUT2D eigenvalue weighted by molar-refractivity contribution is 0.102. The van der Waals surface area contributed by atoms with Crippen LogP contribution in [0.15, 0.2) is 53.5 Å². The van der Waals surface area contributed by atoms with Gasteiger partial charge in [0.2, 0.25) is 0 Å². The highest BCUT2D eigenvalue weighted by Crippen LogP contribution is 2.14. The first kappa shape index (κ1) is 18.3. The predicted molar refractivity (Wildman–Crippen MR) is 110 cm³/mol. The van der Waals surface area contributed by atoms with Crippen molar-refractivity contribution in [3.8, 4) is 0 Å². The second-order valence-electron chi connectivity index (χ2n) is 7.17. The highest BCUT2D eigenvalue weighted by atomic mass is 16.2. The summed E-state index contributed by atoms with van der Waals surface area (Å²) in [4.78, 5) is 35.9. The molecule has 0 atom stereocenters. The van der Waals surface area contributed by atoms with E-state index in [4.69, 9.17) is 0 Å². The average Bonchev–Trinajstić information content (AvgIpc) is 2.71. The van der Waals surface area contributed by atoms with Crippen LogP contribution in [0.5, 0.6) is 0 Å². The number of aromatic nitrogens is 2. The van der Waals surface area contributed by atoms with Crippen LogP contribution in [-0.2, 0) is 6.54 Å². The summed E-state index contributed by atoms with van der Waals surface area (Å²) in [7, 11) is 2.15. The van der Waals surface area contributed by atoms with E-state index in [-0.39, 0.29) is 22.7 Å². The highest BCUT2D eigenvalue weighted by Gasteiger charge is 2.14. The van der Waals surface area contributed by atoms with E-state index in [1.165, 1.54) is 5.56 Å². The third-order valence-corrected chi connectivity index (χ3v) is 5.07. The van der Waals surface area contributed by atoms with Gasteiger partial charge in [0, 0.05) is 50.0 Å². The van der Waals surface area contributed by atoms with E-state index in [2.05, 4.69) is 32.1 Å². The van der Waals surface area contributed by atoms with Crippen LogP contribution in [0.4, 0.5) is 5.69 Å². The van der Waals surface area contributed by atoms with Crippen LogP contribution in [-0.4, -0.2) is 58.9 Å². The summed E-state index contributed by atoms with van der Waals surface area (Å²) >= 11 is 0. The summed E-state index contributed by atoms with van der Waals surface area (Å²) in [6.07, 6.45) is 1.57. The largest absolute Gasteiger partial charge is 0.327 e. The molecule has 2 aromatic heterocycles. The number of nitrogens with zero attached hydrogens (tertiary/aromatic N) is 3. The molecule has 3 heterocycles. The van der Waals surface area contributed by atoms with Crippen molar-refractivity contribution in [3.05, 3.63) is 70.3 Å². The summed E-state index contributed by atoms with van der Waals surface area (Å²) in [5, 5.41) is 3.55. The molecule has 1 aliphatic rings. The minimum Gasteiger partial charge on any atom is -0.327 e. The number of likely N-dealkylation sites (N-methyl/N-ethyl adjacent to an activating group) is 1. The van der Waals surface area contributed by atoms with E-state index in [0.717, 1.165) is 32.7 Å². The molecular weight excluding hydrogens is 354 g/mol. The Kier molecular flexibility index (Phi) is 5.18. The predicted octanol–water partition coefficient (Wildman–Crippen LogP) is 1.92. The van der Waals surface area contributed by atoms with Crippen molar-refractivity contribution in [2.75, 3.05) is 38.5 Å². The molecule has 0 bridgehead atoms. The molecule has 1 aliphatic heterocycles. The van der Waals surface area contributed by atoms with Crippen LogP contribution in [0, 0.1) is 0 Å². The van der Waals surface area contributed by atoms with Crippen LogP contribution in [0.1, 0.15) is 16.1 Å². The van der Waals surface area contributed by atoms with Crippen molar-refractivity contribution in [2.45, 2.75) is 6.54 Å². The molecule has 7 heteroatoms. The average molecular weight is 377 g/mol. The van der Waals surface area contributed by atoms with Gasteiger partial charge < -0.3 is 15.2 Å². The number of carbonyl (C=O) groups is 1. The van der Waals surface area contributed by atoms with Gasteiger partial charge in [-0.2, -0.15) is 0 Å². The number of nitrogens with one attached hydrogen (secondary N) is 2. The zero-order valence-electron chi connectivity index (χ0n) is 15.8. The lowest BCUT2D eigenvalue weighted by Crippen LogP contribution is -2.43. The van der Waals surface area contributed by atoms with Gasteiger partial charge in [-0.05, 0) is 36.9 Å². The van der Waals surface area contributed by atoms with Crippen LogP contribution in [0.25, 0.3) is 10.9 Å². The Balaban J connectivity index is 1.42. The van der Waals surface area contributed by atoms with Crippen LogP contribution in [0.2, 0.25) is 0 Å². The van der Waals surface area contributed by atoms with Crippen LogP contribution in [0.3, 0.4) is 0 Å². The summed E-state index contributed by atoms with van der Waals surface area (Å²) in [6.45, 7) is 5.24. The SMILES string of the molecule is CN1CCN(Cc2ccc(NC(=O)c3ccc4cc[nH]c(=O)c4n3)cc2)CC1. The standard InChI is InChI=1S/C21H23N5O2/c1-25-10-12-26(13-11-25)14-15-2-5-17(6-3-15)23-20(27)18-7-4-16-8-9-22-21(28)19(16)24-18/h2-9H,10-14H2,1H3,(H,22,28)(H,23,27). The maximum Gasteiger partial charge on any atom is 0.274 e. The number of hydrogen-bond donors (Lipinski definition) is 2. The van der Waals surface area contributed by atoms with Gasteiger partial charge >= 0.3 is 0 Å². The van der Waals surface area contributed by atoms with Crippen molar-refractivity contribution < 1.29 is 4.79 Å². The molecule has 1 aromatic carbocycles. The third-order valence-electron chi connectivity index (χ3n) is 5.07. The van der Waals surface area contributed by atoms with E-state index in [1.54, 1.807) is 24.4 Å². The van der Waals surface area contributed by atoms with Crippen molar-refractivity contribution in [3.63, 3.8) is 0 Å². The Morgan fingerprint density at radius 2 is 1.82 bits per heavy atom. The molecule has 4 rings (SSSR count). The molecule has 2 N–H and O–H groups in total. The monoisotopic (exact) mass is 377 g/mol. The van der Waals surface area contributed by atoms with E-state index in [1.807, 2.05) is 24.3 Å². The molecular formula is C21H23N5O2. The van der Waals surface area contributed by atoms with Gasteiger partial charge in [0.1, 0.15) is 11.2 Å². The quantitative estimate of drug-likeness (QED) is 0.726. The van der Waals surface area contributed by atoms with E-state index in [9.17, 15) is 9.59 Å². The van der Waals surface area contributed by atoms with Gasteiger partial charge in [-0.15, -0.1) is 0 Å². The van der Waals surface area contributed by atoms with Crippen LogP contribution >= 0.6 is 0 Å². The molecule has 144 valence electrons. The van der Waals surface area contributed by atoms with Crippen molar-refractivity contribution in [1.29, 1.82) is 0 Å². The molecule has 0 unspecified atom stereocenters. The number of benzene rings is 1. The number of H-pyrrole nitrogens is 1. The smallest absolute Gasteiger partial charge is 0.274 e. The third kappa shape index (κ3) is 4.11. The first-order chi connectivity index (χ1) is 13.6. The summed E-state index contributed by atoms with van der Waals surface area (Å²) in [5.41, 5.74) is 2.10. The number of amides is 1. The maximum absolute atomic E-state index is 12.5. The molecule has 7 nitrogen and oxygen atoms in total. The second-order valence-corrected chi connectivity index (χ2v) is 7.17. The van der Waals surface area contributed by atoms with Gasteiger partial charge in [0.15, 0.2) is 0 Å². The van der Waals surface area contributed by atoms with E-state index < -0.39 is 0 Å². The maximum atomic E-state index is 12.5. The lowest BCUT2D eigenvalue weighted by atomic mass is 10.1. The zero-order valence-corrected chi connectivity index (χ0v) is 15.8. The Bertz CT molecular complexity index is 1040. The summed E-state index contributed by atoms with van der Waals surface area (Å²) < 4.78 is 0. The fourth-order valence-corrected chi connectivity index (χ4v) is 3.34. The second kappa shape index (κ2) is 7.92. The lowest BCUT2D eigenvalue weighted by Gasteiger charge is -2.32. The molecule has 0 saturated carbocycles. The first-order valence-corrected chi connectivity index (χ1v) is 9.38. The van der Waals surface area contributed by atoms with Crippen molar-refractivity contribution in [2.24, 2.45) is 0 Å². The molecule has 28 heavy (non-hydrogen) atoms. The number of carbonyl (C=O) groups excluding carboxylic acids is 1.